The number of carbonyl (C=O) groups is 2. The summed E-state index contributed by atoms with van der Waals surface area (Å²) in [6, 6.07) is 6.34. The Hall–Kier alpha value is -3.66. The van der Waals surface area contributed by atoms with Gasteiger partial charge in [-0.1, -0.05) is 109 Å². The smallest absolute Gasteiger partial charge is 0.508 e. The highest BCUT2D eigenvalue weighted by Gasteiger charge is 2.32. The summed E-state index contributed by atoms with van der Waals surface area (Å²) in [6.07, 6.45) is 12.5. The molecule has 9 nitrogen and oxygen atoms in total. The molecule has 2 rings (SSSR count). The van der Waals surface area contributed by atoms with E-state index in [-0.39, 0.29) is 54.3 Å². The van der Waals surface area contributed by atoms with Gasteiger partial charge in [-0.3, -0.25) is 0 Å². The van der Waals surface area contributed by atoms with Gasteiger partial charge in [-0.25, -0.2) is 9.59 Å². The number of hydrogen-bond acceptors (Lipinski definition) is 9. The number of cyclic esters (lactones) is 1. The second-order valence-corrected chi connectivity index (χ2v) is 13.7. The lowest BCUT2D eigenvalue weighted by atomic mass is 9.82. The maximum absolute atomic E-state index is 12.9. The zero-order valence-electron chi connectivity index (χ0n) is 29.9. The van der Waals surface area contributed by atoms with E-state index < -0.39 is 42.6 Å². The second kappa shape index (κ2) is 21.4. The molecule has 0 saturated carbocycles. The zero-order valence-corrected chi connectivity index (χ0v) is 29.9. The van der Waals surface area contributed by atoms with Crippen molar-refractivity contribution in [2.75, 3.05) is 0 Å². The number of aliphatic hydroxyl groups is 3. The first-order chi connectivity index (χ1) is 23.2. The molecule has 4 N–H and O–H groups in total. The number of phenols is 1. The van der Waals surface area contributed by atoms with Crippen molar-refractivity contribution in [1.82, 2.24) is 0 Å². The van der Waals surface area contributed by atoms with Crippen LogP contribution in [0.1, 0.15) is 72.8 Å². The van der Waals surface area contributed by atoms with Crippen LogP contribution in [0.3, 0.4) is 0 Å². The minimum atomic E-state index is -0.939. The van der Waals surface area contributed by atoms with Crippen molar-refractivity contribution in [1.29, 1.82) is 0 Å². The van der Waals surface area contributed by atoms with E-state index in [9.17, 15) is 30.0 Å². The van der Waals surface area contributed by atoms with Crippen molar-refractivity contribution in [3.63, 3.8) is 0 Å². The molecule has 0 unspecified atom stereocenters. The Morgan fingerprint density at radius 2 is 1.65 bits per heavy atom. The third kappa shape index (κ3) is 15.2. The van der Waals surface area contributed by atoms with Gasteiger partial charge >= 0.3 is 12.1 Å². The Morgan fingerprint density at radius 1 is 0.959 bits per heavy atom. The van der Waals surface area contributed by atoms with E-state index in [2.05, 4.69) is 13.5 Å². The summed E-state index contributed by atoms with van der Waals surface area (Å²) in [5.74, 6) is -1.52. The molecular weight excluding hydrogens is 624 g/mol. The summed E-state index contributed by atoms with van der Waals surface area (Å²) >= 11 is 0. The molecule has 0 aliphatic carbocycles. The van der Waals surface area contributed by atoms with Crippen LogP contribution < -0.4 is 0 Å². The summed E-state index contributed by atoms with van der Waals surface area (Å²) in [4.78, 5) is 25.7. The number of rotatable bonds is 6. The van der Waals surface area contributed by atoms with E-state index in [0.29, 0.717) is 24.8 Å². The molecular formula is C40H58O9. The van der Waals surface area contributed by atoms with E-state index >= 15 is 0 Å². The van der Waals surface area contributed by atoms with Crippen LogP contribution in [0.4, 0.5) is 4.79 Å². The van der Waals surface area contributed by atoms with E-state index in [1.807, 2.05) is 40.7 Å². The number of allylic oxidation sites excluding steroid dienone is 4. The van der Waals surface area contributed by atoms with E-state index in [1.54, 1.807) is 54.7 Å². The van der Waals surface area contributed by atoms with Crippen molar-refractivity contribution in [2.24, 2.45) is 35.5 Å². The number of ether oxygens (including phenoxy) is 3. The lowest BCUT2D eigenvalue weighted by Gasteiger charge is -2.32. The zero-order chi connectivity index (χ0) is 36.5. The van der Waals surface area contributed by atoms with Crippen LogP contribution in [0.2, 0.25) is 0 Å². The Kier molecular flexibility index (Phi) is 18.2. The molecule has 0 radical (unpaired) electrons. The molecule has 1 heterocycles. The third-order valence-electron chi connectivity index (χ3n) is 9.26. The summed E-state index contributed by atoms with van der Waals surface area (Å²) < 4.78 is 17.1. The minimum Gasteiger partial charge on any atom is -0.508 e. The minimum absolute atomic E-state index is 0.0196. The molecule has 0 saturated heterocycles. The van der Waals surface area contributed by atoms with Gasteiger partial charge in [0, 0.05) is 36.2 Å². The Morgan fingerprint density at radius 3 is 2.33 bits per heavy atom. The standard InChI is InChI=1S/C40H58O9/c1-8-9-12-28(4)39-31(7)35(43)22-15-26(2)23-30(6)38(49-40(46)47-25-32-17-20-33(41)21-18-32)29(5)16-19-34(42)24-36(44)27(3)13-10-11-14-37(45)48-39/h8-14,16-21,26-31,34-36,38-39,41-44H,1,15,22-25H2,2-7H3/b12-9-,13-10+,14-11-,19-16-/t26-,27+,28-,29-,30-,31-,34+,35+,36-,38-,39-/m0/s1. The third-order valence-corrected chi connectivity index (χ3v) is 9.26. The number of esters is 1. The van der Waals surface area contributed by atoms with Gasteiger partial charge in [-0.05, 0) is 48.8 Å². The van der Waals surface area contributed by atoms with Gasteiger partial charge in [-0.15, -0.1) is 0 Å². The predicted octanol–water partition coefficient (Wildman–Crippen LogP) is 7.21. The topological polar surface area (TPSA) is 143 Å². The molecule has 272 valence electrons. The van der Waals surface area contributed by atoms with Gasteiger partial charge in [0.1, 0.15) is 24.6 Å². The number of aromatic hydroxyl groups is 1. The maximum atomic E-state index is 12.9. The first-order valence-electron chi connectivity index (χ1n) is 17.4. The summed E-state index contributed by atoms with van der Waals surface area (Å²) in [7, 11) is 0. The number of benzene rings is 1. The normalized spacial score (nSPS) is 33.9. The molecule has 9 heteroatoms. The molecule has 1 aliphatic heterocycles. The summed E-state index contributed by atoms with van der Waals surface area (Å²) in [5, 5.41) is 42.2. The van der Waals surface area contributed by atoms with Crippen molar-refractivity contribution in [3.8, 4) is 5.75 Å². The number of aliphatic hydroxyl groups excluding tert-OH is 3. The molecule has 49 heavy (non-hydrogen) atoms. The largest absolute Gasteiger partial charge is 0.508 e. The predicted molar refractivity (Wildman–Crippen MR) is 191 cm³/mol. The highest BCUT2D eigenvalue weighted by Crippen LogP contribution is 2.30. The van der Waals surface area contributed by atoms with Gasteiger partial charge in [0.15, 0.2) is 0 Å². The van der Waals surface area contributed by atoms with E-state index in [0.717, 1.165) is 0 Å². The molecule has 0 fully saturated rings. The van der Waals surface area contributed by atoms with Crippen LogP contribution >= 0.6 is 0 Å². The Bertz CT molecular complexity index is 1270. The molecule has 1 aromatic rings. The average molecular weight is 683 g/mol. The Labute approximate surface area is 292 Å². The molecule has 1 aliphatic rings. The Balaban J connectivity index is 2.31. The van der Waals surface area contributed by atoms with Crippen LogP contribution in [0.25, 0.3) is 0 Å². The molecule has 0 amide bonds. The van der Waals surface area contributed by atoms with Gasteiger partial charge in [0.25, 0.3) is 0 Å². The fourth-order valence-electron chi connectivity index (χ4n) is 6.13. The number of phenolic OH excluding ortho intramolecular Hbond substituents is 1. The van der Waals surface area contributed by atoms with Crippen LogP contribution in [-0.2, 0) is 25.6 Å². The molecule has 1 aromatic carbocycles. The maximum Gasteiger partial charge on any atom is 0.508 e. The first kappa shape index (κ1) is 41.5. The quantitative estimate of drug-likeness (QED) is 0.139. The highest BCUT2D eigenvalue weighted by atomic mass is 16.7. The lowest BCUT2D eigenvalue weighted by molar-refractivity contribution is -0.150. The lowest BCUT2D eigenvalue weighted by Crippen LogP contribution is -2.37. The van der Waals surface area contributed by atoms with Crippen molar-refractivity contribution < 1.29 is 44.2 Å². The van der Waals surface area contributed by atoms with E-state index in [1.165, 1.54) is 18.2 Å². The van der Waals surface area contributed by atoms with Crippen LogP contribution in [0, 0.1) is 35.5 Å². The van der Waals surface area contributed by atoms with Gasteiger partial charge in [0.2, 0.25) is 0 Å². The monoisotopic (exact) mass is 682 g/mol. The summed E-state index contributed by atoms with van der Waals surface area (Å²) in [5.41, 5.74) is 0.699. The van der Waals surface area contributed by atoms with Gasteiger partial charge in [-0.2, -0.15) is 0 Å². The van der Waals surface area contributed by atoms with E-state index in [4.69, 9.17) is 14.2 Å². The highest BCUT2D eigenvalue weighted by molar-refractivity contribution is 5.82. The molecule has 11 atom stereocenters. The SMILES string of the molecule is C=C/C=C\[C@H](C)[C@@H]1OC(=O)/C=C\C=C\[C@@H](C)[C@@H](O)C[C@H](O)/C=C\[C@H](C)[C@H](OC(=O)OCc2ccc(O)cc2)[C@@H](C)C[C@@H](C)CC[C@@H](O)[C@@H]1C. The van der Waals surface area contributed by atoms with Crippen molar-refractivity contribution >= 4 is 12.1 Å². The molecule has 0 spiro atoms. The van der Waals surface area contributed by atoms with Crippen molar-refractivity contribution in [2.45, 2.75) is 104 Å². The van der Waals surface area contributed by atoms with Gasteiger partial charge in [0.05, 0.1) is 18.3 Å². The molecule has 0 aromatic heterocycles. The van der Waals surface area contributed by atoms with Crippen LogP contribution in [0.5, 0.6) is 5.75 Å². The number of carbonyl (C=O) groups excluding carboxylic acids is 2. The summed E-state index contributed by atoms with van der Waals surface area (Å²) in [6.45, 7) is 15.3. The van der Waals surface area contributed by atoms with Gasteiger partial charge < -0.3 is 34.6 Å². The average Bonchev–Trinajstić information content (AvgIpc) is 3.06. The van der Waals surface area contributed by atoms with Crippen LogP contribution in [0.15, 0.2) is 85.5 Å². The number of hydrogen-bond donors (Lipinski definition) is 4. The second-order valence-electron chi connectivity index (χ2n) is 13.7. The fourth-order valence-corrected chi connectivity index (χ4v) is 6.13. The molecule has 0 bridgehead atoms. The fraction of sp³-hybridized carbons (Fsp3) is 0.550. The van der Waals surface area contributed by atoms with Crippen LogP contribution in [-0.4, -0.2) is 63.1 Å². The van der Waals surface area contributed by atoms with Crippen molar-refractivity contribution in [3.05, 3.63) is 91.1 Å². The first-order valence-corrected chi connectivity index (χ1v) is 17.4.